The van der Waals surface area contributed by atoms with Crippen molar-refractivity contribution in [1.29, 1.82) is 0 Å². The van der Waals surface area contributed by atoms with Crippen LogP contribution in [0.1, 0.15) is 23.0 Å². The fraction of sp³-hybridized carbons (Fsp3) is 0.214. The van der Waals surface area contributed by atoms with E-state index in [1.54, 1.807) is 13.0 Å². The van der Waals surface area contributed by atoms with Crippen LogP contribution in [-0.2, 0) is 4.79 Å². The SMILES string of the molecule is COc1cc(NC(C)=O)c(Cl)cc1C(=O)Nc1cc(C)on1. The third kappa shape index (κ3) is 3.56. The van der Waals surface area contributed by atoms with Gasteiger partial charge in [-0.05, 0) is 13.0 Å². The zero-order valence-corrected chi connectivity index (χ0v) is 12.9. The van der Waals surface area contributed by atoms with Gasteiger partial charge in [0.2, 0.25) is 5.91 Å². The lowest BCUT2D eigenvalue weighted by atomic mass is 10.1. The lowest BCUT2D eigenvalue weighted by Crippen LogP contribution is -2.14. The zero-order valence-electron chi connectivity index (χ0n) is 12.2. The number of ether oxygens (including phenoxy) is 1. The molecule has 2 rings (SSSR count). The van der Waals surface area contributed by atoms with Crippen molar-refractivity contribution in [1.82, 2.24) is 5.16 Å². The van der Waals surface area contributed by atoms with Crippen molar-refractivity contribution in [2.45, 2.75) is 13.8 Å². The number of hydrogen-bond donors (Lipinski definition) is 2. The smallest absolute Gasteiger partial charge is 0.260 e. The normalized spacial score (nSPS) is 10.2. The average molecular weight is 324 g/mol. The summed E-state index contributed by atoms with van der Waals surface area (Å²) in [6.07, 6.45) is 0. The number of amides is 2. The van der Waals surface area contributed by atoms with Gasteiger partial charge < -0.3 is 19.9 Å². The molecule has 0 aliphatic carbocycles. The molecular formula is C14H14ClN3O4. The fourth-order valence-corrected chi connectivity index (χ4v) is 2.01. The van der Waals surface area contributed by atoms with Crippen LogP contribution < -0.4 is 15.4 Å². The summed E-state index contributed by atoms with van der Waals surface area (Å²) < 4.78 is 10.0. The Morgan fingerprint density at radius 3 is 2.55 bits per heavy atom. The van der Waals surface area contributed by atoms with Gasteiger partial charge >= 0.3 is 0 Å². The summed E-state index contributed by atoms with van der Waals surface area (Å²) in [5.74, 6) is 0.388. The van der Waals surface area contributed by atoms with Crippen molar-refractivity contribution in [2.24, 2.45) is 0 Å². The van der Waals surface area contributed by atoms with E-state index in [9.17, 15) is 9.59 Å². The highest BCUT2D eigenvalue weighted by atomic mass is 35.5. The highest BCUT2D eigenvalue weighted by Crippen LogP contribution is 2.31. The second-order valence-corrected chi connectivity index (χ2v) is 4.90. The molecule has 2 N–H and O–H groups in total. The van der Waals surface area contributed by atoms with E-state index in [0.29, 0.717) is 11.4 Å². The molecule has 1 aromatic carbocycles. The minimum Gasteiger partial charge on any atom is -0.496 e. The highest BCUT2D eigenvalue weighted by Gasteiger charge is 2.17. The molecule has 0 fully saturated rings. The van der Waals surface area contributed by atoms with Gasteiger partial charge in [-0.2, -0.15) is 0 Å². The minimum atomic E-state index is -0.457. The molecule has 0 spiro atoms. The lowest BCUT2D eigenvalue weighted by molar-refractivity contribution is -0.114. The van der Waals surface area contributed by atoms with Gasteiger partial charge in [0.1, 0.15) is 11.5 Å². The van der Waals surface area contributed by atoms with Gasteiger partial charge in [-0.15, -0.1) is 0 Å². The molecule has 0 radical (unpaired) electrons. The number of benzene rings is 1. The number of hydrogen-bond acceptors (Lipinski definition) is 5. The Bertz CT molecular complexity index is 727. The van der Waals surface area contributed by atoms with E-state index < -0.39 is 5.91 Å². The van der Waals surface area contributed by atoms with Crippen molar-refractivity contribution in [3.8, 4) is 5.75 Å². The Morgan fingerprint density at radius 1 is 1.27 bits per heavy atom. The molecule has 0 saturated carbocycles. The summed E-state index contributed by atoms with van der Waals surface area (Å²) in [5, 5.41) is 9.03. The molecule has 0 saturated heterocycles. The highest BCUT2D eigenvalue weighted by molar-refractivity contribution is 6.34. The second-order valence-electron chi connectivity index (χ2n) is 4.49. The van der Waals surface area contributed by atoms with Crippen LogP contribution >= 0.6 is 11.6 Å². The number of methoxy groups -OCH3 is 1. The van der Waals surface area contributed by atoms with E-state index in [1.807, 2.05) is 0 Å². The standard InChI is InChI=1S/C14H14ClN3O4/c1-7-4-13(18-22-7)17-14(20)9-5-10(15)11(16-8(2)19)6-12(9)21-3/h4-6H,1-3H3,(H,16,19)(H,17,18,20). The number of rotatable bonds is 4. The molecule has 22 heavy (non-hydrogen) atoms. The average Bonchev–Trinajstić information content (AvgIpc) is 2.85. The largest absolute Gasteiger partial charge is 0.496 e. The van der Waals surface area contributed by atoms with Crippen LogP contribution in [0, 0.1) is 6.92 Å². The Kier molecular flexibility index (Phi) is 4.67. The molecule has 0 aliphatic rings. The summed E-state index contributed by atoms with van der Waals surface area (Å²) in [7, 11) is 1.41. The molecule has 7 nitrogen and oxygen atoms in total. The van der Waals surface area contributed by atoms with Crippen LogP contribution in [0.4, 0.5) is 11.5 Å². The molecule has 0 unspecified atom stereocenters. The van der Waals surface area contributed by atoms with Crippen molar-refractivity contribution in [3.63, 3.8) is 0 Å². The van der Waals surface area contributed by atoms with Crippen LogP contribution in [-0.4, -0.2) is 24.1 Å². The third-order valence-corrected chi connectivity index (χ3v) is 3.03. The third-order valence-electron chi connectivity index (χ3n) is 2.71. The van der Waals surface area contributed by atoms with Crippen LogP contribution in [0.3, 0.4) is 0 Å². The number of aryl methyl sites for hydroxylation is 1. The minimum absolute atomic E-state index is 0.210. The quantitative estimate of drug-likeness (QED) is 0.902. The van der Waals surface area contributed by atoms with Crippen LogP contribution in [0.2, 0.25) is 5.02 Å². The number of nitrogens with zero attached hydrogens (tertiary/aromatic N) is 1. The lowest BCUT2D eigenvalue weighted by Gasteiger charge is -2.12. The number of carbonyl (C=O) groups is 2. The maximum Gasteiger partial charge on any atom is 0.260 e. The Morgan fingerprint density at radius 2 is 2.00 bits per heavy atom. The Balaban J connectivity index is 2.31. The van der Waals surface area contributed by atoms with E-state index in [-0.39, 0.29) is 28.1 Å². The molecule has 0 atom stereocenters. The molecule has 8 heteroatoms. The van der Waals surface area contributed by atoms with Crippen molar-refractivity contribution < 1.29 is 18.8 Å². The predicted octanol–water partition coefficient (Wildman–Crippen LogP) is 2.86. The first-order chi connectivity index (χ1) is 10.4. The molecular weight excluding hydrogens is 310 g/mol. The molecule has 116 valence electrons. The molecule has 2 aromatic rings. The fourth-order valence-electron chi connectivity index (χ4n) is 1.79. The number of anilines is 2. The molecule has 1 heterocycles. The van der Waals surface area contributed by atoms with Gasteiger partial charge in [-0.3, -0.25) is 9.59 Å². The first kappa shape index (κ1) is 15.8. The summed E-state index contributed by atoms with van der Waals surface area (Å²) in [6, 6.07) is 4.47. The van der Waals surface area contributed by atoms with Gasteiger partial charge in [0.15, 0.2) is 5.82 Å². The van der Waals surface area contributed by atoms with Crippen molar-refractivity contribution in [2.75, 3.05) is 17.7 Å². The first-order valence-electron chi connectivity index (χ1n) is 6.30. The van der Waals surface area contributed by atoms with Crippen molar-refractivity contribution in [3.05, 3.63) is 34.5 Å². The van der Waals surface area contributed by atoms with Crippen LogP contribution in [0.15, 0.2) is 22.7 Å². The summed E-state index contributed by atoms with van der Waals surface area (Å²) in [4.78, 5) is 23.4. The van der Waals surface area contributed by atoms with Gasteiger partial charge in [0.05, 0.1) is 23.4 Å². The molecule has 1 aromatic heterocycles. The van der Waals surface area contributed by atoms with E-state index >= 15 is 0 Å². The van der Waals surface area contributed by atoms with Gasteiger partial charge in [-0.25, -0.2) is 0 Å². The first-order valence-corrected chi connectivity index (χ1v) is 6.68. The number of aromatic nitrogens is 1. The van der Waals surface area contributed by atoms with Gasteiger partial charge in [0, 0.05) is 19.1 Å². The van der Waals surface area contributed by atoms with E-state index in [4.69, 9.17) is 20.9 Å². The molecule has 0 aliphatic heterocycles. The number of carbonyl (C=O) groups excluding carboxylic acids is 2. The maximum atomic E-state index is 12.3. The summed E-state index contributed by atoms with van der Waals surface area (Å²) >= 11 is 6.07. The van der Waals surface area contributed by atoms with Crippen LogP contribution in [0.5, 0.6) is 5.75 Å². The number of nitrogens with one attached hydrogen (secondary N) is 2. The zero-order chi connectivity index (χ0) is 16.3. The van der Waals surface area contributed by atoms with Crippen LogP contribution in [0.25, 0.3) is 0 Å². The second kappa shape index (κ2) is 6.48. The van der Waals surface area contributed by atoms with Crippen molar-refractivity contribution >= 4 is 34.9 Å². The van der Waals surface area contributed by atoms with Gasteiger partial charge in [-0.1, -0.05) is 16.8 Å². The molecule has 0 bridgehead atoms. The van der Waals surface area contributed by atoms with E-state index in [2.05, 4.69) is 15.8 Å². The Hall–Kier alpha value is -2.54. The predicted molar refractivity (Wildman–Crippen MR) is 81.5 cm³/mol. The summed E-state index contributed by atoms with van der Waals surface area (Å²) in [5.41, 5.74) is 0.571. The van der Waals surface area contributed by atoms with E-state index in [0.717, 1.165) is 0 Å². The topological polar surface area (TPSA) is 93.5 Å². The Labute approximate surface area is 131 Å². The number of halogens is 1. The maximum absolute atomic E-state index is 12.3. The molecule has 2 amide bonds. The van der Waals surface area contributed by atoms with E-state index in [1.165, 1.54) is 26.2 Å². The monoisotopic (exact) mass is 323 g/mol. The van der Waals surface area contributed by atoms with Gasteiger partial charge in [0.25, 0.3) is 5.91 Å². The summed E-state index contributed by atoms with van der Waals surface area (Å²) in [6.45, 7) is 3.07.